The van der Waals surface area contributed by atoms with Crippen molar-refractivity contribution >= 4 is 32.7 Å². The number of allylic oxidation sites excluding steroid dienone is 1. The molecule has 228 valence electrons. The highest BCUT2D eigenvalue weighted by Crippen LogP contribution is 2.32. The SMILES string of the molecule is Cc1nnc2n1CCN(C(=O)C1CCC(/C=C\c3nccc(-n4ccc5c(OCCCS(C)(=O)=O)cccc54)n3)CC1)C2.[HH]. The molecule has 3 aromatic heterocycles. The van der Waals surface area contributed by atoms with Gasteiger partial charge in [0.1, 0.15) is 27.2 Å². The van der Waals surface area contributed by atoms with Gasteiger partial charge in [0.25, 0.3) is 0 Å². The summed E-state index contributed by atoms with van der Waals surface area (Å²) in [6, 6.07) is 9.67. The molecule has 1 amide bonds. The van der Waals surface area contributed by atoms with Gasteiger partial charge >= 0.3 is 0 Å². The van der Waals surface area contributed by atoms with Gasteiger partial charge in [-0.15, -0.1) is 10.2 Å². The van der Waals surface area contributed by atoms with E-state index >= 15 is 0 Å². The maximum atomic E-state index is 13.2. The number of carbonyl (C=O) groups excluding carboxylic acids is 1. The Kier molecular flexibility index (Phi) is 8.29. The van der Waals surface area contributed by atoms with E-state index < -0.39 is 9.84 Å². The fourth-order valence-corrected chi connectivity index (χ4v) is 6.72. The third-order valence-electron chi connectivity index (χ3n) is 8.40. The average Bonchev–Trinajstić information content (AvgIpc) is 3.61. The maximum absolute atomic E-state index is 13.2. The Morgan fingerprint density at radius 3 is 2.77 bits per heavy atom. The molecule has 0 radical (unpaired) electrons. The van der Waals surface area contributed by atoms with Crippen LogP contribution in [-0.4, -0.2) is 73.7 Å². The number of nitrogens with zero attached hydrogens (tertiary/aromatic N) is 7. The van der Waals surface area contributed by atoms with Crippen molar-refractivity contribution in [1.82, 2.24) is 34.2 Å². The first-order valence-corrected chi connectivity index (χ1v) is 16.9. The molecule has 1 fully saturated rings. The number of ether oxygens (including phenoxy) is 1. The van der Waals surface area contributed by atoms with E-state index in [9.17, 15) is 13.2 Å². The number of fused-ring (bicyclic) bond motifs is 2. The minimum absolute atomic E-state index is 0. The van der Waals surface area contributed by atoms with Gasteiger partial charge in [-0.1, -0.05) is 12.1 Å². The number of hydrogen-bond donors (Lipinski definition) is 0. The zero-order chi connectivity index (χ0) is 30.0. The Hall–Kier alpha value is -4.06. The van der Waals surface area contributed by atoms with Crippen LogP contribution in [0, 0.1) is 18.8 Å². The van der Waals surface area contributed by atoms with Crippen molar-refractivity contribution in [3.63, 3.8) is 0 Å². The van der Waals surface area contributed by atoms with E-state index in [-0.39, 0.29) is 19.0 Å². The number of benzene rings is 1. The molecule has 1 aromatic carbocycles. The van der Waals surface area contributed by atoms with Crippen LogP contribution in [0.25, 0.3) is 22.8 Å². The van der Waals surface area contributed by atoms with Gasteiger partial charge < -0.3 is 18.8 Å². The third-order valence-corrected chi connectivity index (χ3v) is 9.43. The molecule has 1 aliphatic heterocycles. The van der Waals surface area contributed by atoms with Gasteiger partial charge in [0.05, 0.1) is 24.4 Å². The van der Waals surface area contributed by atoms with Crippen molar-refractivity contribution in [2.24, 2.45) is 11.8 Å². The van der Waals surface area contributed by atoms with Crippen LogP contribution in [0.1, 0.15) is 51.0 Å². The van der Waals surface area contributed by atoms with Crippen LogP contribution in [0.3, 0.4) is 0 Å². The standard InChI is InChI=1S/C31H37N7O4S.H2/c1-22-34-35-30-21-36(17-18-37(22)30)31(39)24-10-7-23(8-11-24)9-12-28-32-15-13-29(33-28)38-16-14-25-26(38)5-3-6-27(25)42-19-4-20-43(2,40)41;/h3,5-6,9,12-16,23-24H,4,7-8,10-11,17-21H2,1-2H3;1H/b12-9-;. The Labute approximate surface area is 253 Å². The zero-order valence-corrected chi connectivity index (χ0v) is 25.4. The van der Waals surface area contributed by atoms with Crippen LogP contribution in [0.5, 0.6) is 5.75 Å². The van der Waals surface area contributed by atoms with Crippen LogP contribution in [-0.2, 0) is 27.7 Å². The fraction of sp³-hybridized carbons (Fsp3) is 0.452. The summed E-state index contributed by atoms with van der Waals surface area (Å²) in [5.41, 5.74) is 0.946. The first-order chi connectivity index (χ1) is 20.7. The number of aryl methyl sites for hydroxylation is 1. The highest BCUT2D eigenvalue weighted by atomic mass is 32.2. The highest BCUT2D eigenvalue weighted by molar-refractivity contribution is 7.90. The number of hydrogen-bond acceptors (Lipinski definition) is 8. The molecule has 2 aliphatic rings. The zero-order valence-electron chi connectivity index (χ0n) is 24.6. The molecule has 11 nitrogen and oxygen atoms in total. The Morgan fingerprint density at radius 1 is 1.12 bits per heavy atom. The van der Waals surface area contributed by atoms with E-state index in [1.807, 2.05) is 59.0 Å². The van der Waals surface area contributed by atoms with Crippen molar-refractivity contribution < 1.29 is 19.4 Å². The van der Waals surface area contributed by atoms with E-state index in [1.54, 1.807) is 6.20 Å². The summed E-state index contributed by atoms with van der Waals surface area (Å²) in [6.07, 6.45) is 13.2. The second-order valence-electron chi connectivity index (χ2n) is 11.5. The van der Waals surface area contributed by atoms with Gasteiger partial charge in [-0.05, 0) is 75.3 Å². The Bertz CT molecular complexity index is 1760. The summed E-state index contributed by atoms with van der Waals surface area (Å²) < 4.78 is 32.8. The molecular formula is C31H39N7O4S. The minimum atomic E-state index is -3.01. The van der Waals surface area contributed by atoms with E-state index in [0.717, 1.165) is 60.6 Å². The van der Waals surface area contributed by atoms with Crippen molar-refractivity contribution in [3.8, 4) is 11.6 Å². The molecular weight excluding hydrogens is 566 g/mol. The van der Waals surface area contributed by atoms with Crippen LogP contribution in [0.15, 0.2) is 48.8 Å². The van der Waals surface area contributed by atoms with Gasteiger partial charge in [-0.25, -0.2) is 18.4 Å². The molecule has 1 saturated carbocycles. The maximum Gasteiger partial charge on any atom is 0.226 e. The van der Waals surface area contributed by atoms with E-state index in [1.165, 1.54) is 6.26 Å². The van der Waals surface area contributed by atoms with Crippen LogP contribution >= 0.6 is 0 Å². The molecule has 0 saturated heterocycles. The summed E-state index contributed by atoms with van der Waals surface area (Å²) in [5.74, 6) is 4.68. The predicted octanol–water partition coefficient (Wildman–Crippen LogP) is 4.24. The van der Waals surface area contributed by atoms with Crippen LogP contribution in [0.2, 0.25) is 0 Å². The van der Waals surface area contributed by atoms with E-state index in [0.29, 0.717) is 43.6 Å². The number of amides is 1. The van der Waals surface area contributed by atoms with Crippen molar-refractivity contribution in [3.05, 3.63) is 66.3 Å². The quantitative estimate of drug-likeness (QED) is 0.260. The second-order valence-corrected chi connectivity index (χ2v) is 13.8. The molecule has 1 aliphatic carbocycles. The summed E-state index contributed by atoms with van der Waals surface area (Å²) in [5, 5.41) is 9.32. The fourth-order valence-electron chi connectivity index (χ4n) is 6.08. The van der Waals surface area contributed by atoms with Crippen molar-refractivity contribution in [1.29, 1.82) is 0 Å². The lowest BCUT2D eigenvalue weighted by molar-refractivity contribution is -0.138. The molecule has 0 unspecified atom stereocenters. The first kappa shape index (κ1) is 29.0. The lowest BCUT2D eigenvalue weighted by Gasteiger charge is -2.33. The number of rotatable bonds is 9. The van der Waals surface area contributed by atoms with Gasteiger partial charge in [0, 0.05) is 44.5 Å². The van der Waals surface area contributed by atoms with E-state index in [4.69, 9.17) is 9.72 Å². The van der Waals surface area contributed by atoms with Crippen molar-refractivity contribution in [2.45, 2.75) is 52.1 Å². The van der Waals surface area contributed by atoms with Gasteiger partial charge in [0.2, 0.25) is 5.91 Å². The highest BCUT2D eigenvalue weighted by Gasteiger charge is 2.31. The molecule has 0 bridgehead atoms. The van der Waals surface area contributed by atoms with Gasteiger partial charge in [0.15, 0.2) is 11.6 Å². The normalized spacial score (nSPS) is 19.2. The summed E-state index contributed by atoms with van der Waals surface area (Å²) >= 11 is 0. The number of carbonyl (C=O) groups is 1. The predicted molar refractivity (Wildman–Crippen MR) is 165 cm³/mol. The van der Waals surface area contributed by atoms with Crippen molar-refractivity contribution in [2.75, 3.05) is 25.2 Å². The average molecular weight is 606 g/mol. The molecule has 6 rings (SSSR count). The molecule has 0 spiro atoms. The Morgan fingerprint density at radius 2 is 1.95 bits per heavy atom. The first-order valence-electron chi connectivity index (χ1n) is 14.8. The lowest BCUT2D eigenvalue weighted by atomic mass is 9.81. The summed E-state index contributed by atoms with van der Waals surface area (Å²) in [7, 11) is -3.01. The molecule has 43 heavy (non-hydrogen) atoms. The van der Waals surface area contributed by atoms with Gasteiger partial charge in [-0.3, -0.25) is 4.79 Å². The molecule has 0 N–H and O–H groups in total. The number of sulfone groups is 1. The molecule has 12 heteroatoms. The van der Waals surface area contributed by atoms with Crippen LogP contribution < -0.4 is 4.74 Å². The third kappa shape index (κ3) is 6.64. The lowest BCUT2D eigenvalue weighted by Crippen LogP contribution is -2.42. The molecule has 4 heterocycles. The summed E-state index contributed by atoms with van der Waals surface area (Å²) in [6.45, 7) is 4.31. The molecule has 0 atom stereocenters. The van der Waals surface area contributed by atoms with E-state index in [2.05, 4.69) is 25.8 Å². The number of aromatic nitrogens is 6. The Balaban J connectivity index is 0.00000384. The molecule has 4 aromatic rings. The summed E-state index contributed by atoms with van der Waals surface area (Å²) in [4.78, 5) is 24.4. The largest absolute Gasteiger partial charge is 0.493 e. The second kappa shape index (κ2) is 12.3. The monoisotopic (exact) mass is 605 g/mol. The van der Waals surface area contributed by atoms with Crippen LogP contribution in [0.4, 0.5) is 0 Å². The van der Waals surface area contributed by atoms with Gasteiger partial charge in [-0.2, -0.15) is 0 Å². The topological polar surface area (TPSA) is 125 Å². The smallest absolute Gasteiger partial charge is 0.226 e. The minimum Gasteiger partial charge on any atom is -0.493 e.